The second-order valence-electron chi connectivity index (χ2n) is 31.8. The molecular formula is C89H104BrCl2F3N10O3P2PdS2. The average Bonchev–Trinajstić information content (AvgIpc) is 1.69. The molecule has 9 aromatic rings. The van der Waals surface area contributed by atoms with Crippen LogP contribution in [0.5, 0.6) is 28.7 Å². The number of ether oxygens (including phenoxy) is 3. The third-order valence-electron chi connectivity index (χ3n) is 21.0. The number of halogens is 6. The summed E-state index contributed by atoms with van der Waals surface area (Å²) in [7, 11) is 8.34. The van der Waals surface area contributed by atoms with Gasteiger partial charge >= 0.3 is 27.7 Å². The summed E-state index contributed by atoms with van der Waals surface area (Å²) in [5, 5.41) is 5.26. The molecular weight excluding hydrogens is 1700 g/mol. The predicted molar refractivity (Wildman–Crippen MR) is 472 cm³/mol. The van der Waals surface area contributed by atoms with Crippen LogP contribution >= 0.6 is 76.4 Å². The fourth-order valence-corrected chi connectivity index (χ4v) is 26.8. The molecule has 3 aromatic heterocycles. The number of benzene rings is 6. The molecule has 2 spiro atoms. The van der Waals surface area contributed by atoms with Gasteiger partial charge in [-0.2, -0.15) is 40.3 Å². The van der Waals surface area contributed by atoms with Gasteiger partial charge in [-0.3, -0.25) is 0 Å². The van der Waals surface area contributed by atoms with Gasteiger partial charge in [0.05, 0.1) is 25.0 Å². The molecule has 13 nitrogen and oxygen atoms in total. The normalized spacial score (nSPS) is 18.7. The van der Waals surface area contributed by atoms with Gasteiger partial charge in [0.15, 0.2) is 21.8 Å². The van der Waals surface area contributed by atoms with Gasteiger partial charge in [0.2, 0.25) is 5.95 Å². The number of rotatable bonds is 12. The van der Waals surface area contributed by atoms with Crippen LogP contribution in [0, 0.1) is 18.9 Å². The van der Waals surface area contributed by atoms with E-state index in [1.165, 1.54) is 127 Å². The maximum absolute atomic E-state index is 14.4. The number of aromatic nitrogens is 3. The van der Waals surface area contributed by atoms with Crippen LogP contribution in [-0.2, 0) is 35.7 Å². The summed E-state index contributed by atoms with van der Waals surface area (Å²) >= 11 is 14.7. The topological polar surface area (TPSA) is 176 Å². The van der Waals surface area contributed by atoms with E-state index in [1.54, 1.807) is 52.9 Å². The summed E-state index contributed by atoms with van der Waals surface area (Å²) in [4.78, 5) is 25.5. The van der Waals surface area contributed by atoms with Crippen molar-refractivity contribution in [2.45, 2.75) is 184 Å². The summed E-state index contributed by atoms with van der Waals surface area (Å²) in [5.74, 6) is 1.91. The first kappa shape index (κ1) is 87.6. The quantitative estimate of drug-likeness (QED) is 0.0456. The van der Waals surface area contributed by atoms with Crippen molar-refractivity contribution >= 4 is 109 Å². The Hall–Kier alpha value is -6.26. The summed E-state index contributed by atoms with van der Waals surface area (Å²) < 4.78 is 61.4. The van der Waals surface area contributed by atoms with E-state index in [1.807, 2.05) is 54.6 Å². The van der Waals surface area contributed by atoms with Crippen molar-refractivity contribution in [1.29, 1.82) is 0 Å². The Labute approximate surface area is 706 Å². The van der Waals surface area contributed by atoms with E-state index in [4.69, 9.17) is 53.0 Å². The molecule has 0 bridgehead atoms. The van der Waals surface area contributed by atoms with Crippen molar-refractivity contribution in [3.63, 3.8) is 0 Å². The zero-order chi connectivity index (χ0) is 81.0. The summed E-state index contributed by atoms with van der Waals surface area (Å²) in [6.07, 6.45) is 19.9. The van der Waals surface area contributed by atoms with Crippen LogP contribution in [0.2, 0.25) is 5.15 Å². The third kappa shape index (κ3) is 21.2. The molecule has 2 saturated carbocycles. The Balaban J connectivity index is 0.000000145. The number of nitrogens with zero attached hydrogens (tertiary/aromatic N) is 7. The van der Waals surface area contributed by atoms with E-state index in [0.29, 0.717) is 77.9 Å². The first-order valence-electron chi connectivity index (χ1n) is 38.7. The van der Waals surface area contributed by atoms with Crippen LogP contribution in [0.4, 0.5) is 24.7 Å². The summed E-state index contributed by atoms with van der Waals surface area (Å²) in [6.45, 7) is 21.3. The number of thioether (sulfide) groups is 2. The van der Waals surface area contributed by atoms with Crippen molar-refractivity contribution in [3.8, 4) is 51.0 Å². The minimum atomic E-state index is -2.74. The van der Waals surface area contributed by atoms with Gasteiger partial charge < -0.3 is 41.2 Å². The van der Waals surface area contributed by atoms with Crippen molar-refractivity contribution in [2.75, 3.05) is 55.0 Å². The van der Waals surface area contributed by atoms with E-state index in [0.717, 1.165) is 56.2 Å². The van der Waals surface area contributed by atoms with Crippen LogP contribution in [0.1, 0.15) is 159 Å². The van der Waals surface area contributed by atoms with Crippen molar-refractivity contribution < 1.29 is 45.6 Å². The molecule has 602 valence electrons. The molecule has 6 aromatic carbocycles. The van der Waals surface area contributed by atoms with Gasteiger partial charge in [-0.15, -0.1) is 0 Å². The fourth-order valence-electron chi connectivity index (χ4n) is 16.4. The molecule has 7 aliphatic rings. The molecule has 1 saturated heterocycles. The van der Waals surface area contributed by atoms with Gasteiger partial charge in [-0.1, -0.05) is 202 Å². The minimum absolute atomic E-state index is 0.137. The van der Waals surface area contributed by atoms with E-state index >= 15 is 0 Å². The van der Waals surface area contributed by atoms with Crippen LogP contribution in [0.3, 0.4) is 0 Å². The average molecular weight is 1800 g/mol. The van der Waals surface area contributed by atoms with Crippen LogP contribution < -0.4 is 51.8 Å². The van der Waals surface area contributed by atoms with Gasteiger partial charge in [-0.05, 0) is 181 Å². The maximum atomic E-state index is 14.4. The zero-order valence-electron chi connectivity index (χ0n) is 66.3. The number of fused-ring (bicyclic) bond motifs is 8. The predicted octanol–water partition coefficient (Wildman–Crippen LogP) is 22.8. The molecule has 2 atom stereocenters. The SMILES string of the molecule is CN(C)c1ccc(P(C(C)(C)C)C(C)(C)C)cc1.Cc1cccc(OC(C)C)c1-c1ccccc1P(C1CCCCC1)C1CCCCC1.NC1=N[C@@]2(CS1)c1cc(-c3cccnc3F)ccc1Oc1cnc(N3CCC(F)(F)C3)cc12.NC1=N[C@@]2(CS1)c1cc(Br)ccc1Oc1cnc(Cl)cc12.NCCc1[c-]cccc1.[Cl][Pd+]. The molecule has 5 aliphatic heterocycles. The number of aryl methyl sites for hydroxylation is 1. The van der Waals surface area contributed by atoms with Crippen LogP contribution in [-0.4, -0.2) is 104 Å². The van der Waals surface area contributed by atoms with Crippen molar-refractivity contribution in [3.05, 3.63) is 225 Å². The van der Waals surface area contributed by atoms with E-state index in [2.05, 4.69) is 213 Å². The fraction of sp³-hybridized carbons (Fsp3) is 0.404. The van der Waals surface area contributed by atoms with E-state index < -0.39 is 22.9 Å². The standard InChI is InChI=1S/C28H39OP.C23H18F3N5OS.C16H28NP.C14H9BrClN3OS.C8H10N.ClH.Pd/c1-21(2)29-26-19-12-13-22(3)28(26)25-18-10-11-20-27(25)30(23-14-6-4-7-15-23)24-16-8-5-9-17-24;24-20-14(2-1-6-28-20)13-3-4-17-15(8-13)23(12-33-21(27)30-23)16-9-19(29-10-18(16)32-17)31-7-5-22(25,26)11-31;1-15(2,3)18(16(4,5)6)14-11-9-13(10-12-14)17(7)8;15-7-1-2-10-8(3-7)14(6-21-13(17)19-14)9-4-12(16)18-5-11(9)20-10;9-7-6-8-4-2-1-3-5-8;;/h10-13,18-21,23-24H,4-9,14-17H2,1-3H3;1-4,6,8-10H,5,7,11-12H2,(H2,27,30);9-12H,1-8H3;1-5H,6H2,(H2,17,19);1-4H,6-7,9H2;1H;/q;;;;-1;;+2/p-1/t;23-;;14-;;;/m.0.0.../s1. The van der Waals surface area contributed by atoms with E-state index in [-0.39, 0.29) is 41.5 Å². The Morgan fingerprint density at radius 1 is 0.690 bits per heavy atom. The summed E-state index contributed by atoms with van der Waals surface area (Å²) in [5.41, 5.74) is 28.7. The Morgan fingerprint density at radius 2 is 1.27 bits per heavy atom. The molecule has 113 heavy (non-hydrogen) atoms. The number of hydrogen-bond donors (Lipinski definition) is 3. The number of hydrogen-bond acceptors (Lipinski definition) is 15. The number of nitrogens with two attached hydrogens (primary N) is 3. The van der Waals surface area contributed by atoms with Crippen LogP contribution in [0.25, 0.3) is 22.3 Å². The van der Waals surface area contributed by atoms with Gasteiger partial charge in [0, 0.05) is 88.3 Å². The van der Waals surface area contributed by atoms with Gasteiger partial charge in [-0.25, -0.2) is 33.7 Å². The Bertz CT molecular complexity index is 4700. The second kappa shape index (κ2) is 38.9. The number of anilines is 2. The second-order valence-corrected chi connectivity index (χ2v) is 41.7. The van der Waals surface area contributed by atoms with Crippen LogP contribution in [0.15, 0.2) is 185 Å². The molecule has 2 aliphatic carbocycles. The van der Waals surface area contributed by atoms with Gasteiger partial charge in [0.1, 0.15) is 39.3 Å². The third-order valence-corrected chi connectivity index (χ3v) is 30.6. The molecule has 16 rings (SSSR count). The monoisotopic (exact) mass is 1800 g/mol. The van der Waals surface area contributed by atoms with Crippen molar-refractivity contribution in [2.24, 2.45) is 27.2 Å². The van der Waals surface area contributed by atoms with E-state index in [9.17, 15) is 13.2 Å². The molecule has 3 fully saturated rings. The number of pyridine rings is 3. The molecule has 8 heterocycles. The Morgan fingerprint density at radius 3 is 1.81 bits per heavy atom. The number of amidine groups is 2. The molecule has 0 radical (unpaired) electrons. The first-order chi connectivity index (χ1) is 54.0. The Kier molecular flexibility index (Phi) is 30.1. The first-order valence-corrected chi connectivity index (χ1v) is 46.7. The molecule has 0 unspecified atom stereocenters. The number of aliphatic imine (C=N–C) groups is 2. The zero-order valence-corrected chi connectivity index (χ0v) is 74.4. The summed E-state index contributed by atoms with van der Waals surface area (Å²) in [6, 6.07) is 54.2. The number of alkyl halides is 2. The molecule has 24 heteroatoms. The van der Waals surface area contributed by atoms with Crippen molar-refractivity contribution in [1.82, 2.24) is 15.0 Å². The van der Waals surface area contributed by atoms with Gasteiger partial charge in [0.25, 0.3) is 5.92 Å². The molecule has 6 N–H and O–H groups in total. The molecule has 0 amide bonds.